The predicted octanol–water partition coefficient (Wildman–Crippen LogP) is 2.46. The lowest BCUT2D eigenvalue weighted by Crippen LogP contribution is -2.37. The van der Waals surface area contributed by atoms with Gasteiger partial charge in [0.15, 0.2) is 18.1 Å². The van der Waals surface area contributed by atoms with Crippen LogP contribution in [-0.2, 0) is 16.0 Å². The summed E-state index contributed by atoms with van der Waals surface area (Å²) in [6, 6.07) is 14.7. The molecule has 3 rings (SSSR count). The van der Waals surface area contributed by atoms with Crippen LogP contribution in [0, 0.1) is 11.3 Å². The summed E-state index contributed by atoms with van der Waals surface area (Å²) in [6.45, 7) is 4.44. The Balaban J connectivity index is 1.46. The second-order valence-electron chi connectivity index (χ2n) is 6.72. The number of carbonyl (C=O) groups excluding carboxylic acids is 1. The molecule has 1 N–H and O–H groups in total. The summed E-state index contributed by atoms with van der Waals surface area (Å²) < 4.78 is 16.1. The molecule has 0 atom stereocenters. The molecule has 7 nitrogen and oxygen atoms in total. The van der Waals surface area contributed by atoms with Crippen molar-refractivity contribution in [3.63, 3.8) is 0 Å². The molecule has 0 spiro atoms. The van der Waals surface area contributed by atoms with Crippen LogP contribution >= 0.6 is 0 Å². The van der Waals surface area contributed by atoms with Crippen LogP contribution in [0.5, 0.6) is 11.5 Å². The Kier molecular flexibility index (Phi) is 7.45. The number of anilines is 1. The van der Waals surface area contributed by atoms with Crippen LogP contribution in [0.25, 0.3) is 0 Å². The third-order valence-electron chi connectivity index (χ3n) is 4.71. The fourth-order valence-electron chi connectivity index (χ4n) is 3.06. The van der Waals surface area contributed by atoms with Crippen molar-refractivity contribution in [1.29, 1.82) is 5.26 Å². The summed E-state index contributed by atoms with van der Waals surface area (Å²) in [5.41, 5.74) is 2.42. The summed E-state index contributed by atoms with van der Waals surface area (Å²) in [4.78, 5) is 14.6. The Morgan fingerprint density at radius 1 is 1.17 bits per heavy atom. The minimum Gasteiger partial charge on any atom is -0.493 e. The van der Waals surface area contributed by atoms with Crippen LogP contribution in [0.4, 0.5) is 5.69 Å². The van der Waals surface area contributed by atoms with Crippen LogP contribution in [-0.4, -0.2) is 57.4 Å². The second kappa shape index (κ2) is 10.5. The van der Waals surface area contributed by atoms with E-state index in [-0.39, 0.29) is 12.5 Å². The van der Waals surface area contributed by atoms with Crippen molar-refractivity contribution in [2.24, 2.45) is 0 Å². The van der Waals surface area contributed by atoms with Crippen LogP contribution < -0.4 is 14.8 Å². The van der Waals surface area contributed by atoms with E-state index in [1.165, 1.54) is 12.7 Å². The third kappa shape index (κ3) is 6.21. The van der Waals surface area contributed by atoms with Gasteiger partial charge in [-0.2, -0.15) is 5.26 Å². The molecule has 0 bridgehead atoms. The van der Waals surface area contributed by atoms with E-state index in [4.69, 9.17) is 19.5 Å². The third-order valence-corrected chi connectivity index (χ3v) is 4.71. The highest BCUT2D eigenvalue weighted by molar-refractivity contribution is 5.91. The molecule has 0 unspecified atom stereocenters. The smallest absolute Gasteiger partial charge is 0.262 e. The number of nitriles is 1. The summed E-state index contributed by atoms with van der Waals surface area (Å²) in [5, 5.41) is 11.8. The number of hydrogen-bond donors (Lipinski definition) is 1. The minimum absolute atomic E-state index is 0.152. The maximum atomic E-state index is 12.2. The monoisotopic (exact) mass is 395 g/mol. The minimum atomic E-state index is -0.266. The van der Waals surface area contributed by atoms with Gasteiger partial charge in [-0.1, -0.05) is 12.1 Å². The van der Waals surface area contributed by atoms with Gasteiger partial charge in [0.2, 0.25) is 0 Å². The molecule has 152 valence electrons. The normalized spacial score (nSPS) is 14.1. The number of nitrogens with zero attached hydrogens (tertiary/aromatic N) is 2. The summed E-state index contributed by atoms with van der Waals surface area (Å²) in [7, 11) is 1.49. The largest absolute Gasteiger partial charge is 0.493 e. The van der Waals surface area contributed by atoms with Crippen molar-refractivity contribution in [2.45, 2.75) is 6.42 Å². The van der Waals surface area contributed by atoms with E-state index in [0.717, 1.165) is 45.0 Å². The molecular weight excluding hydrogens is 370 g/mol. The molecule has 0 aliphatic carbocycles. The molecule has 29 heavy (non-hydrogen) atoms. The molecule has 0 saturated carbocycles. The van der Waals surface area contributed by atoms with Crippen molar-refractivity contribution in [2.75, 3.05) is 51.9 Å². The average molecular weight is 395 g/mol. The molecule has 1 aliphatic rings. The highest BCUT2D eigenvalue weighted by atomic mass is 16.5. The number of hydrogen-bond acceptors (Lipinski definition) is 6. The Morgan fingerprint density at radius 2 is 1.93 bits per heavy atom. The van der Waals surface area contributed by atoms with Gasteiger partial charge in [-0.05, 0) is 36.2 Å². The molecule has 1 aliphatic heterocycles. The van der Waals surface area contributed by atoms with E-state index < -0.39 is 0 Å². The number of ether oxygens (including phenoxy) is 3. The Hall–Kier alpha value is -3.08. The molecule has 1 saturated heterocycles. The van der Waals surface area contributed by atoms with E-state index in [9.17, 15) is 4.79 Å². The fraction of sp³-hybridized carbons (Fsp3) is 0.364. The van der Waals surface area contributed by atoms with Crippen LogP contribution in [0.2, 0.25) is 0 Å². The van der Waals surface area contributed by atoms with Gasteiger partial charge in [0, 0.05) is 31.4 Å². The molecule has 0 radical (unpaired) electrons. The van der Waals surface area contributed by atoms with Crippen molar-refractivity contribution in [3.05, 3.63) is 53.6 Å². The Bertz CT molecular complexity index is 855. The van der Waals surface area contributed by atoms with E-state index >= 15 is 0 Å². The van der Waals surface area contributed by atoms with Crippen LogP contribution in [0.1, 0.15) is 11.1 Å². The lowest BCUT2D eigenvalue weighted by Gasteiger charge is -2.26. The first-order valence-electron chi connectivity index (χ1n) is 9.58. The van der Waals surface area contributed by atoms with Gasteiger partial charge in [0.05, 0.1) is 32.0 Å². The first-order chi connectivity index (χ1) is 14.2. The SMILES string of the molecule is COc1cc(C#N)ccc1OCC(=O)Nc1ccc(CCN2CCOCC2)cc1. The van der Waals surface area contributed by atoms with Gasteiger partial charge in [-0.25, -0.2) is 0 Å². The van der Waals surface area contributed by atoms with Crippen molar-refractivity contribution < 1.29 is 19.0 Å². The van der Waals surface area contributed by atoms with Crippen LogP contribution in [0.15, 0.2) is 42.5 Å². The molecule has 1 fully saturated rings. The zero-order chi connectivity index (χ0) is 20.5. The topological polar surface area (TPSA) is 83.8 Å². The highest BCUT2D eigenvalue weighted by Crippen LogP contribution is 2.27. The zero-order valence-electron chi connectivity index (χ0n) is 16.5. The highest BCUT2D eigenvalue weighted by Gasteiger charge is 2.11. The van der Waals surface area contributed by atoms with Crippen molar-refractivity contribution in [1.82, 2.24) is 4.90 Å². The lowest BCUT2D eigenvalue weighted by atomic mass is 10.1. The predicted molar refractivity (Wildman–Crippen MR) is 109 cm³/mol. The standard InChI is InChI=1S/C22H25N3O4/c1-27-21-14-18(15-23)4-7-20(21)29-16-22(26)24-19-5-2-17(3-6-19)8-9-25-10-12-28-13-11-25/h2-7,14H,8-13,16H2,1H3,(H,24,26). The second-order valence-corrected chi connectivity index (χ2v) is 6.72. The van der Waals surface area contributed by atoms with Gasteiger partial charge < -0.3 is 19.5 Å². The first kappa shape index (κ1) is 20.6. The number of rotatable bonds is 8. The number of methoxy groups -OCH3 is 1. The molecule has 0 aromatic heterocycles. The molecule has 7 heteroatoms. The van der Waals surface area contributed by atoms with Gasteiger partial charge in [0.25, 0.3) is 5.91 Å². The van der Waals surface area contributed by atoms with Crippen molar-refractivity contribution in [3.8, 4) is 17.6 Å². The van der Waals surface area contributed by atoms with Gasteiger partial charge in [-0.15, -0.1) is 0 Å². The summed E-state index contributed by atoms with van der Waals surface area (Å²) in [5.74, 6) is 0.569. The van der Waals surface area contributed by atoms with Crippen LogP contribution in [0.3, 0.4) is 0 Å². The molecular formula is C22H25N3O4. The molecule has 1 amide bonds. The van der Waals surface area contributed by atoms with E-state index in [2.05, 4.69) is 10.2 Å². The maximum absolute atomic E-state index is 12.2. The molecule has 2 aromatic rings. The number of nitrogens with one attached hydrogen (secondary N) is 1. The number of amides is 1. The number of benzene rings is 2. The Morgan fingerprint density at radius 3 is 2.62 bits per heavy atom. The number of morpholine rings is 1. The van der Waals surface area contributed by atoms with Gasteiger partial charge in [0.1, 0.15) is 0 Å². The Labute approximate surface area is 170 Å². The van der Waals surface area contributed by atoms with E-state index in [0.29, 0.717) is 17.1 Å². The van der Waals surface area contributed by atoms with Gasteiger partial charge >= 0.3 is 0 Å². The van der Waals surface area contributed by atoms with E-state index in [1.807, 2.05) is 30.3 Å². The molecule has 1 heterocycles. The van der Waals surface area contributed by atoms with Crippen molar-refractivity contribution >= 4 is 11.6 Å². The lowest BCUT2D eigenvalue weighted by molar-refractivity contribution is -0.118. The summed E-state index contributed by atoms with van der Waals surface area (Å²) >= 11 is 0. The molecule has 2 aromatic carbocycles. The first-order valence-corrected chi connectivity index (χ1v) is 9.58. The quantitative estimate of drug-likeness (QED) is 0.739. The summed E-state index contributed by atoms with van der Waals surface area (Å²) in [6.07, 6.45) is 0.968. The fourth-order valence-corrected chi connectivity index (χ4v) is 3.06. The number of carbonyl (C=O) groups is 1. The maximum Gasteiger partial charge on any atom is 0.262 e. The average Bonchev–Trinajstić information content (AvgIpc) is 2.77. The van der Waals surface area contributed by atoms with E-state index in [1.54, 1.807) is 18.2 Å². The van der Waals surface area contributed by atoms with Gasteiger partial charge in [-0.3, -0.25) is 9.69 Å². The zero-order valence-corrected chi connectivity index (χ0v) is 16.5.